The van der Waals surface area contributed by atoms with Gasteiger partial charge in [0.25, 0.3) is 5.91 Å². The Bertz CT molecular complexity index is 894. The lowest BCUT2D eigenvalue weighted by Crippen LogP contribution is -2.46. The molecule has 1 saturated carbocycles. The van der Waals surface area contributed by atoms with E-state index in [1.54, 1.807) is 24.3 Å². The van der Waals surface area contributed by atoms with Crippen LogP contribution in [0.1, 0.15) is 32.1 Å². The average Bonchev–Trinajstić information content (AvgIpc) is 2.96. The number of para-hydroxylation sites is 2. The zero-order valence-electron chi connectivity index (χ0n) is 14.7. The molecule has 0 spiro atoms. The van der Waals surface area contributed by atoms with Crippen molar-refractivity contribution in [3.63, 3.8) is 0 Å². The highest BCUT2D eigenvalue weighted by Gasteiger charge is 2.18. The third-order valence-corrected chi connectivity index (χ3v) is 4.42. The van der Waals surface area contributed by atoms with Crippen molar-refractivity contribution in [3.8, 4) is 0 Å². The van der Waals surface area contributed by atoms with Crippen molar-refractivity contribution in [1.82, 2.24) is 15.2 Å². The summed E-state index contributed by atoms with van der Waals surface area (Å²) in [5, 5.41) is 4.86. The van der Waals surface area contributed by atoms with E-state index in [1.807, 2.05) is 0 Å². The highest BCUT2D eigenvalue weighted by Crippen LogP contribution is 2.17. The third kappa shape index (κ3) is 4.96. The van der Waals surface area contributed by atoms with Gasteiger partial charge in [-0.2, -0.15) is 0 Å². The average molecular weight is 375 g/mol. The number of nitrogens with one attached hydrogen (secondary N) is 2. The van der Waals surface area contributed by atoms with Crippen LogP contribution in [0.3, 0.4) is 0 Å². The SMILES string of the molecule is O=C(COC(=O)Cn1c(=O)oc2ccccc21)NC(=O)NC1CCCCC1. The Hall–Kier alpha value is -3.10. The van der Waals surface area contributed by atoms with Crippen molar-refractivity contribution < 1.29 is 23.5 Å². The van der Waals surface area contributed by atoms with Crippen molar-refractivity contribution in [3.05, 3.63) is 34.8 Å². The van der Waals surface area contributed by atoms with E-state index < -0.39 is 36.8 Å². The summed E-state index contributed by atoms with van der Waals surface area (Å²) in [4.78, 5) is 47.2. The number of urea groups is 1. The number of hydrogen-bond acceptors (Lipinski definition) is 6. The number of amides is 3. The molecule has 3 rings (SSSR count). The Labute approximate surface area is 154 Å². The fourth-order valence-corrected chi connectivity index (χ4v) is 3.12. The van der Waals surface area contributed by atoms with Crippen molar-refractivity contribution in [2.45, 2.75) is 44.7 Å². The number of ether oxygens (including phenoxy) is 1. The molecule has 1 aromatic heterocycles. The number of aromatic nitrogens is 1. The number of carbonyl (C=O) groups is 3. The van der Waals surface area contributed by atoms with Gasteiger partial charge >= 0.3 is 17.8 Å². The number of nitrogens with zero attached hydrogens (tertiary/aromatic N) is 1. The summed E-state index contributed by atoms with van der Waals surface area (Å²) in [5.41, 5.74) is 0.809. The molecule has 9 heteroatoms. The van der Waals surface area contributed by atoms with Gasteiger partial charge in [-0.15, -0.1) is 0 Å². The third-order valence-electron chi connectivity index (χ3n) is 4.42. The molecule has 0 bridgehead atoms. The van der Waals surface area contributed by atoms with Gasteiger partial charge in [0.2, 0.25) is 0 Å². The second kappa shape index (κ2) is 8.52. The molecule has 1 aliphatic carbocycles. The smallest absolute Gasteiger partial charge is 0.420 e. The van der Waals surface area contributed by atoms with Crippen LogP contribution < -0.4 is 16.4 Å². The maximum atomic E-state index is 11.9. The lowest BCUT2D eigenvalue weighted by Gasteiger charge is -2.22. The number of rotatable bonds is 5. The minimum absolute atomic E-state index is 0.0651. The van der Waals surface area contributed by atoms with E-state index in [4.69, 9.17) is 9.15 Å². The summed E-state index contributed by atoms with van der Waals surface area (Å²) in [6, 6.07) is 6.12. The van der Waals surface area contributed by atoms with Gasteiger partial charge in [0.1, 0.15) is 6.54 Å². The molecule has 2 aromatic rings. The Morgan fingerprint density at radius 3 is 2.67 bits per heavy atom. The first-order valence-electron chi connectivity index (χ1n) is 8.87. The molecule has 27 heavy (non-hydrogen) atoms. The molecule has 0 saturated heterocycles. The quantitative estimate of drug-likeness (QED) is 0.760. The topological polar surface area (TPSA) is 120 Å². The van der Waals surface area contributed by atoms with Gasteiger partial charge in [0, 0.05) is 6.04 Å². The molecule has 3 amide bonds. The molecule has 0 unspecified atom stereocenters. The Morgan fingerprint density at radius 2 is 1.89 bits per heavy atom. The maximum Gasteiger partial charge on any atom is 0.420 e. The molecule has 1 fully saturated rings. The van der Waals surface area contributed by atoms with Crippen LogP contribution >= 0.6 is 0 Å². The van der Waals surface area contributed by atoms with Crippen LogP contribution in [0.2, 0.25) is 0 Å². The van der Waals surface area contributed by atoms with Crippen molar-refractivity contribution in [2.24, 2.45) is 0 Å². The fourth-order valence-electron chi connectivity index (χ4n) is 3.12. The highest BCUT2D eigenvalue weighted by atomic mass is 16.5. The normalized spacial score (nSPS) is 14.7. The predicted octanol–water partition coefficient (Wildman–Crippen LogP) is 1.30. The molecule has 1 heterocycles. The van der Waals surface area contributed by atoms with E-state index in [2.05, 4.69) is 10.6 Å². The molecule has 1 aliphatic rings. The first-order chi connectivity index (χ1) is 13.0. The number of benzene rings is 1. The molecule has 1 aromatic carbocycles. The number of carbonyl (C=O) groups excluding carboxylic acids is 3. The van der Waals surface area contributed by atoms with E-state index in [0.717, 1.165) is 36.7 Å². The summed E-state index contributed by atoms with van der Waals surface area (Å²) in [7, 11) is 0. The zero-order valence-corrected chi connectivity index (χ0v) is 14.7. The van der Waals surface area contributed by atoms with Gasteiger partial charge in [-0.1, -0.05) is 31.4 Å². The van der Waals surface area contributed by atoms with E-state index in [9.17, 15) is 19.2 Å². The van der Waals surface area contributed by atoms with Gasteiger partial charge in [-0.05, 0) is 25.0 Å². The summed E-state index contributed by atoms with van der Waals surface area (Å²) < 4.78 is 11.0. The summed E-state index contributed by atoms with van der Waals surface area (Å²) >= 11 is 0. The molecule has 0 aliphatic heterocycles. The Kier molecular flexibility index (Phi) is 5.90. The molecule has 9 nitrogen and oxygen atoms in total. The number of fused-ring (bicyclic) bond motifs is 1. The Balaban J connectivity index is 1.45. The number of imide groups is 1. The second-order valence-electron chi connectivity index (χ2n) is 6.44. The van der Waals surface area contributed by atoms with E-state index in [1.165, 1.54) is 0 Å². The van der Waals surface area contributed by atoms with Gasteiger partial charge in [0.15, 0.2) is 12.2 Å². The first kappa shape index (κ1) is 18.7. The van der Waals surface area contributed by atoms with Gasteiger partial charge in [-0.3, -0.25) is 19.5 Å². The lowest BCUT2D eigenvalue weighted by atomic mass is 9.96. The largest absolute Gasteiger partial charge is 0.454 e. The molecule has 144 valence electrons. The molecule has 0 atom stereocenters. The summed E-state index contributed by atoms with van der Waals surface area (Å²) in [5.74, 6) is -2.21. The molecule has 2 N–H and O–H groups in total. The monoisotopic (exact) mass is 375 g/mol. The van der Waals surface area contributed by atoms with Crippen molar-refractivity contribution in [1.29, 1.82) is 0 Å². The highest BCUT2D eigenvalue weighted by molar-refractivity contribution is 5.95. The minimum Gasteiger partial charge on any atom is -0.454 e. The van der Waals surface area contributed by atoms with Crippen LogP contribution in [-0.4, -0.2) is 35.1 Å². The second-order valence-corrected chi connectivity index (χ2v) is 6.44. The van der Waals surface area contributed by atoms with Crippen molar-refractivity contribution >= 4 is 29.0 Å². The van der Waals surface area contributed by atoms with Crippen LogP contribution in [0.4, 0.5) is 4.79 Å². The predicted molar refractivity (Wildman–Crippen MR) is 95.0 cm³/mol. The first-order valence-corrected chi connectivity index (χ1v) is 8.87. The zero-order chi connectivity index (χ0) is 19.2. The van der Waals surface area contributed by atoms with Crippen LogP contribution in [0.25, 0.3) is 11.1 Å². The molecular weight excluding hydrogens is 354 g/mol. The fraction of sp³-hybridized carbons (Fsp3) is 0.444. The van der Waals surface area contributed by atoms with Gasteiger partial charge in [-0.25, -0.2) is 9.59 Å². The van der Waals surface area contributed by atoms with Crippen LogP contribution in [0.5, 0.6) is 0 Å². The van der Waals surface area contributed by atoms with Crippen LogP contribution in [0, 0.1) is 0 Å². The summed E-state index contributed by atoms with van der Waals surface area (Å²) in [6.45, 7) is -1.00. The minimum atomic E-state index is -0.786. The van der Waals surface area contributed by atoms with Crippen LogP contribution in [-0.2, 0) is 20.9 Å². The van der Waals surface area contributed by atoms with Gasteiger partial charge < -0.3 is 14.5 Å². The number of oxazole rings is 1. The van der Waals surface area contributed by atoms with E-state index in [-0.39, 0.29) is 6.04 Å². The number of esters is 1. The standard InChI is InChI=1S/C18H21N3O6/c22-15(20-17(24)19-12-6-2-1-3-7-12)11-26-16(23)10-21-13-8-4-5-9-14(13)27-18(21)25/h4-5,8-9,12H,1-3,6-7,10-11H2,(H2,19,20,22,24). The molecule has 0 radical (unpaired) electrons. The lowest BCUT2D eigenvalue weighted by molar-refractivity contribution is -0.148. The van der Waals surface area contributed by atoms with Crippen molar-refractivity contribution in [2.75, 3.05) is 6.61 Å². The maximum absolute atomic E-state index is 11.9. The molecular formula is C18H21N3O6. The van der Waals surface area contributed by atoms with E-state index >= 15 is 0 Å². The Morgan fingerprint density at radius 1 is 1.15 bits per heavy atom. The van der Waals surface area contributed by atoms with Crippen LogP contribution in [0.15, 0.2) is 33.5 Å². The summed E-state index contributed by atoms with van der Waals surface area (Å²) in [6.07, 6.45) is 5.05. The number of hydrogen-bond donors (Lipinski definition) is 2. The van der Waals surface area contributed by atoms with E-state index in [0.29, 0.717) is 11.1 Å². The van der Waals surface area contributed by atoms with Gasteiger partial charge in [0.05, 0.1) is 5.52 Å².